The number of hydrogen-bond donors (Lipinski definition) is 2. The fraction of sp³-hybridized carbons (Fsp3) is 0.143. The number of rotatable bonds is 7. The van der Waals surface area contributed by atoms with Gasteiger partial charge in [-0.2, -0.15) is 4.98 Å². The van der Waals surface area contributed by atoms with E-state index < -0.39 is 5.97 Å². The van der Waals surface area contributed by atoms with E-state index in [2.05, 4.69) is 25.6 Å². The normalized spacial score (nSPS) is 10.7. The first-order chi connectivity index (χ1) is 14.1. The van der Waals surface area contributed by atoms with E-state index in [0.29, 0.717) is 34.6 Å². The molecular formula is C21H20ClN5O2. The molecule has 8 heteroatoms. The van der Waals surface area contributed by atoms with Crippen molar-refractivity contribution >= 4 is 46.9 Å². The van der Waals surface area contributed by atoms with E-state index in [4.69, 9.17) is 16.3 Å². The monoisotopic (exact) mass is 409 g/mol. The molecule has 0 amide bonds. The number of aliphatic imine (C=N–C) groups is 1. The van der Waals surface area contributed by atoms with Crippen molar-refractivity contribution in [3.8, 4) is 0 Å². The van der Waals surface area contributed by atoms with Crippen LogP contribution in [0.5, 0.6) is 0 Å². The molecule has 0 aliphatic heterocycles. The summed E-state index contributed by atoms with van der Waals surface area (Å²) in [6, 6.07) is 14.4. The minimum absolute atomic E-state index is 0.308. The fourth-order valence-corrected chi connectivity index (χ4v) is 2.74. The number of halogens is 1. The molecule has 29 heavy (non-hydrogen) atoms. The lowest BCUT2D eigenvalue weighted by Gasteiger charge is -2.11. The summed E-state index contributed by atoms with van der Waals surface area (Å²) in [6.45, 7) is 2.06. The highest BCUT2D eigenvalue weighted by Crippen LogP contribution is 2.26. The molecule has 0 radical (unpaired) electrons. The van der Waals surface area contributed by atoms with E-state index in [0.717, 1.165) is 11.3 Å². The zero-order valence-electron chi connectivity index (χ0n) is 16.0. The Bertz CT molecular complexity index is 1020. The molecule has 0 aliphatic rings. The molecule has 7 nitrogen and oxygen atoms in total. The molecule has 0 bridgehead atoms. The van der Waals surface area contributed by atoms with Crippen LogP contribution in [-0.4, -0.2) is 35.8 Å². The van der Waals surface area contributed by atoms with Gasteiger partial charge in [0.25, 0.3) is 0 Å². The van der Waals surface area contributed by atoms with E-state index in [1.807, 2.05) is 24.3 Å². The third-order valence-electron chi connectivity index (χ3n) is 3.84. The van der Waals surface area contributed by atoms with Gasteiger partial charge in [-0.15, -0.1) is 0 Å². The summed E-state index contributed by atoms with van der Waals surface area (Å²) in [7, 11) is 1.73. The standard InChI is InChI=1S/C21H20ClN5O2/c1-3-29-20(28)15-6-9-18(17(22)12-15)26-19-10-11-24-21(27-19)25-16-7-4-14(5-8-16)13-23-2/h4-13H,3H2,1-2H3,(H2,24,25,26,27). The van der Waals surface area contributed by atoms with Crippen molar-refractivity contribution in [2.24, 2.45) is 4.99 Å². The maximum Gasteiger partial charge on any atom is 0.338 e. The predicted octanol–water partition coefficient (Wildman–Crippen LogP) is 4.84. The SMILES string of the molecule is CCOC(=O)c1ccc(Nc2ccnc(Nc3ccc(C=NC)cc3)n2)c(Cl)c1. The second-order valence-electron chi connectivity index (χ2n) is 5.94. The summed E-state index contributed by atoms with van der Waals surface area (Å²) < 4.78 is 4.98. The maximum atomic E-state index is 11.8. The van der Waals surface area contributed by atoms with Crippen molar-refractivity contribution in [3.05, 3.63) is 70.9 Å². The predicted molar refractivity (Wildman–Crippen MR) is 116 cm³/mol. The van der Waals surface area contributed by atoms with Gasteiger partial charge in [0.15, 0.2) is 0 Å². The van der Waals surface area contributed by atoms with Gasteiger partial charge in [0, 0.05) is 25.1 Å². The first-order valence-electron chi connectivity index (χ1n) is 8.95. The van der Waals surface area contributed by atoms with Crippen LogP contribution >= 0.6 is 11.6 Å². The molecule has 0 saturated heterocycles. The summed E-state index contributed by atoms with van der Waals surface area (Å²) in [6.07, 6.45) is 3.42. The zero-order chi connectivity index (χ0) is 20.6. The van der Waals surface area contributed by atoms with Crippen LogP contribution in [0.15, 0.2) is 59.7 Å². The molecule has 148 valence electrons. The molecular weight excluding hydrogens is 390 g/mol. The lowest BCUT2D eigenvalue weighted by atomic mass is 10.2. The van der Waals surface area contributed by atoms with Crippen LogP contribution in [0.4, 0.5) is 23.1 Å². The van der Waals surface area contributed by atoms with Crippen LogP contribution in [0.1, 0.15) is 22.8 Å². The third-order valence-corrected chi connectivity index (χ3v) is 4.16. The lowest BCUT2D eigenvalue weighted by molar-refractivity contribution is 0.0526. The largest absolute Gasteiger partial charge is 0.462 e. The Hall–Kier alpha value is -3.45. The average molecular weight is 410 g/mol. The van der Waals surface area contributed by atoms with Crippen LogP contribution in [0, 0.1) is 0 Å². The van der Waals surface area contributed by atoms with E-state index in [-0.39, 0.29) is 0 Å². The van der Waals surface area contributed by atoms with Crippen molar-refractivity contribution in [1.82, 2.24) is 9.97 Å². The van der Waals surface area contributed by atoms with Crippen molar-refractivity contribution in [3.63, 3.8) is 0 Å². The van der Waals surface area contributed by atoms with Crippen LogP contribution in [-0.2, 0) is 4.74 Å². The van der Waals surface area contributed by atoms with E-state index in [9.17, 15) is 4.79 Å². The van der Waals surface area contributed by atoms with Gasteiger partial charge in [0.2, 0.25) is 5.95 Å². The molecule has 0 unspecified atom stereocenters. The molecule has 1 aromatic heterocycles. The van der Waals surface area contributed by atoms with Gasteiger partial charge in [0.05, 0.1) is 22.9 Å². The van der Waals surface area contributed by atoms with Crippen molar-refractivity contribution in [1.29, 1.82) is 0 Å². The summed E-state index contributed by atoms with van der Waals surface area (Å²) >= 11 is 6.29. The maximum absolute atomic E-state index is 11.8. The van der Waals surface area contributed by atoms with Gasteiger partial charge < -0.3 is 15.4 Å². The number of nitrogens with one attached hydrogen (secondary N) is 2. The second kappa shape index (κ2) is 9.66. The molecule has 2 N–H and O–H groups in total. The van der Waals surface area contributed by atoms with Crippen molar-refractivity contribution < 1.29 is 9.53 Å². The highest BCUT2D eigenvalue weighted by Gasteiger charge is 2.10. The van der Waals surface area contributed by atoms with Crippen LogP contribution < -0.4 is 10.6 Å². The summed E-state index contributed by atoms with van der Waals surface area (Å²) in [5.74, 6) is 0.583. The number of carbonyl (C=O) groups is 1. The first-order valence-corrected chi connectivity index (χ1v) is 9.33. The van der Waals surface area contributed by atoms with Gasteiger partial charge in [-0.1, -0.05) is 23.7 Å². The van der Waals surface area contributed by atoms with Gasteiger partial charge in [-0.25, -0.2) is 9.78 Å². The van der Waals surface area contributed by atoms with E-state index in [1.165, 1.54) is 0 Å². The fourth-order valence-electron chi connectivity index (χ4n) is 2.52. The van der Waals surface area contributed by atoms with Gasteiger partial charge >= 0.3 is 5.97 Å². The Morgan fingerprint density at radius 1 is 1.17 bits per heavy atom. The van der Waals surface area contributed by atoms with Gasteiger partial charge in [-0.3, -0.25) is 4.99 Å². The number of anilines is 4. The number of benzene rings is 2. The second-order valence-corrected chi connectivity index (χ2v) is 6.35. The topological polar surface area (TPSA) is 88.5 Å². The minimum atomic E-state index is -0.411. The Morgan fingerprint density at radius 3 is 2.66 bits per heavy atom. The van der Waals surface area contributed by atoms with Crippen LogP contribution in [0.25, 0.3) is 0 Å². The molecule has 1 heterocycles. The molecule has 3 rings (SSSR count). The highest BCUT2D eigenvalue weighted by atomic mass is 35.5. The highest BCUT2D eigenvalue weighted by molar-refractivity contribution is 6.33. The smallest absolute Gasteiger partial charge is 0.338 e. The van der Waals surface area contributed by atoms with E-state index >= 15 is 0 Å². The Kier molecular flexibility index (Phi) is 6.76. The quantitative estimate of drug-likeness (QED) is 0.428. The zero-order valence-corrected chi connectivity index (χ0v) is 16.8. The molecule has 2 aromatic carbocycles. The molecule has 0 aliphatic carbocycles. The number of aromatic nitrogens is 2. The van der Waals surface area contributed by atoms with Crippen LogP contribution in [0.3, 0.4) is 0 Å². The Morgan fingerprint density at radius 2 is 1.97 bits per heavy atom. The Balaban J connectivity index is 1.72. The minimum Gasteiger partial charge on any atom is -0.462 e. The number of hydrogen-bond acceptors (Lipinski definition) is 7. The first kappa shape index (κ1) is 20.3. The summed E-state index contributed by atoms with van der Waals surface area (Å²) in [4.78, 5) is 24.5. The summed E-state index contributed by atoms with van der Waals surface area (Å²) in [5, 5.41) is 6.67. The molecule has 0 saturated carbocycles. The Labute approximate surface area is 173 Å². The lowest BCUT2D eigenvalue weighted by Crippen LogP contribution is -2.05. The summed E-state index contributed by atoms with van der Waals surface area (Å²) in [5.41, 5.74) is 2.87. The van der Waals surface area contributed by atoms with E-state index in [1.54, 1.807) is 50.6 Å². The van der Waals surface area contributed by atoms with Crippen molar-refractivity contribution in [2.45, 2.75) is 6.92 Å². The van der Waals surface area contributed by atoms with Gasteiger partial charge in [-0.05, 0) is 48.9 Å². The third kappa shape index (κ3) is 5.52. The number of esters is 1. The van der Waals surface area contributed by atoms with Gasteiger partial charge in [0.1, 0.15) is 5.82 Å². The van der Waals surface area contributed by atoms with Crippen LogP contribution in [0.2, 0.25) is 5.02 Å². The number of carbonyl (C=O) groups excluding carboxylic acids is 1. The molecule has 3 aromatic rings. The van der Waals surface area contributed by atoms with Crippen molar-refractivity contribution in [2.75, 3.05) is 24.3 Å². The number of nitrogens with zero attached hydrogens (tertiary/aromatic N) is 3. The molecule has 0 spiro atoms. The average Bonchev–Trinajstić information content (AvgIpc) is 2.72. The number of ether oxygens (including phenoxy) is 1. The molecule has 0 atom stereocenters. The molecule has 0 fully saturated rings.